The Bertz CT molecular complexity index is 869. The van der Waals surface area contributed by atoms with Crippen LogP contribution in [0.2, 0.25) is 5.02 Å². The minimum absolute atomic E-state index is 0.0131. The third kappa shape index (κ3) is 5.56. The molecule has 1 amide bonds. The van der Waals surface area contributed by atoms with E-state index in [4.69, 9.17) is 11.6 Å². The van der Waals surface area contributed by atoms with Crippen molar-refractivity contribution in [2.75, 3.05) is 6.54 Å². The fourth-order valence-corrected chi connectivity index (χ4v) is 3.01. The maximum Gasteiger partial charge on any atom is 0.227 e. The summed E-state index contributed by atoms with van der Waals surface area (Å²) in [6.07, 6.45) is 9.93. The number of aryl methyl sites for hydroxylation is 1. The molecule has 2 heterocycles. The molecule has 0 radical (unpaired) electrons. The van der Waals surface area contributed by atoms with Gasteiger partial charge in [-0.15, -0.1) is 0 Å². The van der Waals surface area contributed by atoms with Gasteiger partial charge in [0, 0.05) is 44.4 Å². The summed E-state index contributed by atoms with van der Waals surface area (Å²) in [4.78, 5) is 22.8. The highest BCUT2D eigenvalue weighted by atomic mass is 35.5. The molecule has 0 aliphatic heterocycles. The summed E-state index contributed by atoms with van der Waals surface area (Å²) < 4.78 is 1.99. The molecule has 0 bridgehead atoms. The van der Waals surface area contributed by atoms with Crippen molar-refractivity contribution in [3.63, 3.8) is 0 Å². The van der Waals surface area contributed by atoms with Crippen LogP contribution in [0.15, 0.2) is 61.4 Å². The molecule has 3 aromatic rings. The van der Waals surface area contributed by atoms with Crippen LogP contribution in [0.1, 0.15) is 17.5 Å². The lowest BCUT2D eigenvalue weighted by atomic mass is 10.1. The molecular weight excluding hydrogens is 364 g/mol. The van der Waals surface area contributed by atoms with E-state index in [0.29, 0.717) is 13.1 Å². The zero-order valence-corrected chi connectivity index (χ0v) is 15.6. The van der Waals surface area contributed by atoms with Crippen molar-refractivity contribution >= 4 is 17.5 Å². The summed E-state index contributed by atoms with van der Waals surface area (Å²) in [6.45, 7) is 1.95. The molecule has 140 valence electrons. The molecule has 0 aliphatic carbocycles. The molecule has 0 spiro atoms. The van der Waals surface area contributed by atoms with Gasteiger partial charge in [0.1, 0.15) is 5.75 Å². The van der Waals surface area contributed by atoms with Gasteiger partial charge in [-0.05, 0) is 41.8 Å². The number of aromatic hydroxyl groups is 1. The van der Waals surface area contributed by atoms with Crippen molar-refractivity contribution in [1.29, 1.82) is 0 Å². The minimum atomic E-state index is 0.0131. The first-order valence-corrected chi connectivity index (χ1v) is 9.09. The number of carbonyl (C=O) groups is 1. The molecule has 7 heteroatoms. The maximum absolute atomic E-state index is 12.9. The first-order valence-electron chi connectivity index (χ1n) is 8.71. The Kier molecular flexibility index (Phi) is 6.44. The van der Waals surface area contributed by atoms with Crippen LogP contribution in [0, 0.1) is 0 Å². The summed E-state index contributed by atoms with van der Waals surface area (Å²) in [5.74, 6) is 0.0287. The summed E-state index contributed by atoms with van der Waals surface area (Å²) in [5, 5.41) is 9.80. The van der Waals surface area contributed by atoms with E-state index in [1.54, 1.807) is 37.1 Å². The van der Waals surface area contributed by atoms with Gasteiger partial charge in [-0.3, -0.25) is 9.78 Å². The van der Waals surface area contributed by atoms with Crippen LogP contribution in [0.25, 0.3) is 0 Å². The molecular formula is C20H21ClN4O2. The lowest BCUT2D eigenvalue weighted by molar-refractivity contribution is -0.131. The number of amides is 1. The fraction of sp³-hybridized carbons (Fsp3) is 0.250. The number of nitrogens with zero attached hydrogens (tertiary/aromatic N) is 4. The summed E-state index contributed by atoms with van der Waals surface area (Å²) >= 11 is 5.96. The standard InChI is InChI=1S/C20H21ClN4O2/c21-18-12-17(2-3-19(18)26)13-20(27)25(14-16-4-6-22-7-5-16)10-1-9-24-11-8-23-15-24/h2-8,11-12,15,26H,1,9-10,13-14H2. The van der Waals surface area contributed by atoms with Crippen molar-refractivity contribution in [2.24, 2.45) is 0 Å². The molecule has 0 saturated carbocycles. The van der Waals surface area contributed by atoms with Crippen LogP contribution in [0.3, 0.4) is 0 Å². The Morgan fingerprint density at radius 1 is 1.11 bits per heavy atom. The van der Waals surface area contributed by atoms with Crippen LogP contribution in [0.5, 0.6) is 5.75 Å². The average Bonchev–Trinajstić information content (AvgIpc) is 3.18. The van der Waals surface area contributed by atoms with E-state index in [1.807, 2.05) is 27.8 Å². The van der Waals surface area contributed by atoms with Gasteiger partial charge in [0.05, 0.1) is 17.8 Å². The molecule has 0 unspecified atom stereocenters. The predicted octanol–water partition coefficient (Wildman–Crippen LogP) is 3.30. The van der Waals surface area contributed by atoms with Gasteiger partial charge < -0.3 is 14.6 Å². The second kappa shape index (κ2) is 9.19. The summed E-state index contributed by atoms with van der Waals surface area (Å²) in [7, 11) is 0. The molecule has 2 aromatic heterocycles. The van der Waals surface area contributed by atoms with Gasteiger partial charge in [0.25, 0.3) is 0 Å². The Morgan fingerprint density at radius 2 is 1.93 bits per heavy atom. The van der Waals surface area contributed by atoms with Gasteiger partial charge in [-0.2, -0.15) is 0 Å². The quantitative estimate of drug-likeness (QED) is 0.646. The number of hydrogen-bond acceptors (Lipinski definition) is 4. The molecule has 0 atom stereocenters. The third-order valence-corrected chi connectivity index (χ3v) is 4.55. The van der Waals surface area contributed by atoms with Crippen molar-refractivity contribution in [2.45, 2.75) is 25.9 Å². The number of benzene rings is 1. The van der Waals surface area contributed by atoms with E-state index in [9.17, 15) is 9.90 Å². The van der Waals surface area contributed by atoms with E-state index in [0.717, 1.165) is 24.1 Å². The van der Waals surface area contributed by atoms with E-state index in [1.165, 1.54) is 6.07 Å². The van der Waals surface area contributed by atoms with E-state index in [-0.39, 0.29) is 23.1 Å². The van der Waals surface area contributed by atoms with Gasteiger partial charge in [-0.1, -0.05) is 17.7 Å². The van der Waals surface area contributed by atoms with Crippen LogP contribution in [-0.2, 0) is 24.3 Å². The first kappa shape index (κ1) is 18.9. The topological polar surface area (TPSA) is 71.2 Å². The molecule has 1 N–H and O–H groups in total. The SMILES string of the molecule is O=C(Cc1ccc(O)c(Cl)c1)N(CCCn1ccnc1)Cc1ccncc1. The number of phenols is 1. The highest BCUT2D eigenvalue weighted by Crippen LogP contribution is 2.24. The number of phenolic OH excluding ortho intramolecular Hbond substituents is 1. The van der Waals surface area contributed by atoms with E-state index < -0.39 is 0 Å². The van der Waals surface area contributed by atoms with Crippen LogP contribution in [0.4, 0.5) is 0 Å². The largest absolute Gasteiger partial charge is 0.506 e. The zero-order valence-electron chi connectivity index (χ0n) is 14.8. The smallest absolute Gasteiger partial charge is 0.227 e. The molecule has 0 saturated heterocycles. The molecule has 0 aliphatic rings. The second-order valence-electron chi connectivity index (χ2n) is 6.29. The number of halogens is 1. The van der Waals surface area contributed by atoms with Gasteiger partial charge in [0.2, 0.25) is 5.91 Å². The lowest BCUT2D eigenvalue weighted by Crippen LogP contribution is -2.33. The Balaban J connectivity index is 1.66. The summed E-state index contributed by atoms with van der Waals surface area (Å²) in [6, 6.07) is 8.68. The van der Waals surface area contributed by atoms with Gasteiger partial charge in [-0.25, -0.2) is 4.98 Å². The Labute approximate surface area is 163 Å². The highest BCUT2D eigenvalue weighted by molar-refractivity contribution is 6.32. The maximum atomic E-state index is 12.9. The van der Waals surface area contributed by atoms with Crippen LogP contribution < -0.4 is 0 Å². The molecule has 0 fully saturated rings. The van der Waals surface area contributed by atoms with Crippen molar-refractivity contribution in [3.05, 3.63) is 77.6 Å². The molecule has 3 rings (SSSR count). The van der Waals surface area contributed by atoms with Crippen LogP contribution >= 0.6 is 11.6 Å². The monoisotopic (exact) mass is 384 g/mol. The first-order chi connectivity index (χ1) is 13.1. The number of aromatic nitrogens is 3. The average molecular weight is 385 g/mol. The van der Waals surface area contributed by atoms with E-state index in [2.05, 4.69) is 9.97 Å². The number of pyridine rings is 1. The molecule has 6 nitrogen and oxygen atoms in total. The Morgan fingerprint density at radius 3 is 2.63 bits per heavy atom. The van der Waals surface area contributed by atoms with Crippen LogP contribution in [-0.4, -0.2) is 37.0 Å². The zero-order chi connectivity index (χ0) is 19.1. The second-order valence-corrected chi connectivity index (χ2v) is 6.69. The number of rotatable bonds is 8. The normalized spacial score (nSPS) is 10.7. The number of hydrogen-bond donors (Lipinski definition) is 1. The summed E-state index contributed by atoms with van der Waals surface area (Å²) in [5.41, 5.74) is 1.81. The minimum Gasteiger partial charge on any atom is -0.506 e. The number of imidazole rings is 1. The van der Waals surface area contributed by atoms with E-state index >= 15 is 0 Å². The van der Waals surface area contributed by atoms with Gasteiger partial charge >= 0.3 is 0 Å². The highest BCUT2D eigenvalue weighted by Gasteiger charge is 2.15. The van der Waals surface area contributed by atoms with Crippen molar-refractivity contribution in [1.82, 2.24) is 19.4 Å². The Hall–Kier alpha value is -2.86. The predicted molar refractivity (Wildman–Crippen MR) is 103 cm³/mol. The molecule has 27 heavy (non-hydrogen) atoms. The lowest BCUT2D eigenvalue weighted by Gasteiger charge is -2.23. The molecule has 1 aromatic carbocycles. The third-order valence-electron chi connectivity index (χ3n) is 4.25. The van der Waals surface area contributed by atoms with Crippen molar-refractivity contribution in [3.8, 4) is 5.75 Å². The van der Waals surface area contributed by atoms with Gasteiger partial charge in [0.15, 0.2) is 0 Å². The number of carbonyl (C=O) groups excluding carboxylic acids is 1. The fourth-order valence-electron chi connectivity index (χ4n) is 2.81. The van der Waals surface area contributed by atoms with Crippen molar-refractivity contribution < 1.29 is 9.90 Å².